The minimum absolute atomic E-state index is 0.538. The van der Waals surface area contributed by atoms with Gasteiger partial charge in [0, 0.05) is 12.2 Å². The predicted octanol–water partition coefficient (Wildman–Crippen LogP) is 4.52. The van der Waals surface area contributed by atoms with Crippen LogP contribution in [0.3, 0.4) is 0 Å². The summed E-state index contributed by atoms with van der Waals surface area (Å²) in [5, 5.41) is 3.35. The van der Waals surface area contributed by atoms with Crippen LogP contribution < -0.4 is 14.8 Å². The summed E-state index contributed by atoms with van der Waals surface area (Å²) in [5.41, 5.74) is 2.24. The molecule has 0 spiro atoms. The first kappa shape index (κ1) is 16.2. The van der Waals surface area contributed by atoms with E-state index >= 15 is 0 Å². The predicted molar refractivity (Wildman–Crippen MR) is 91.9 cm³/mol. The van der Waals surface area contributed by atoms with Gasteiger partial charge in [-0.3, -0.25) is 0 Å². The average Bonchev–Trinajstić information content (AvgIpc) is 2.52. The van der Waals surface area contributed by atoms with Gasteiger partial charge in [-0.1, -0.05) is 32.0 Å². The third-order valence-corrected chi connectivity index (χ3v) is 3.22. The highest BCUT2D eigenvalue weighted by Crippen LogP contribution is 2.17. The van der Waals surface area contributed by atoms with E-state index in [1.807, 2.05) is 42.5 Å². The molecule has 0 aliphatic carbocycles. The molecule has 0 saturated heterocycles. The molecule has 0 radical (unpaired) electrons. The maximum atomic E-state index is 5.76. The first-order valence-electron chi connectivity index (χ1n) is 7.80. The Bertz CT molecular complexity index is 564. The van der Waals surface area contributed by atoms with Gasteiger partial charge >= 0.3 is 0 Å². The molecule has 0 aliphatic rings. The lowest BCUT2D eigenvalue weighted by molar-refractivity contribution is 0.271. The summed E-state index contributed by atoms with van der Waals surface area (Å²) < 4.78 is 11.4. The van der Waals surface area contributed by atoms with Crippen molar-refractivity contribution in [3.05, 3.63) is 54.1 Å². The van der Waals surface area contributed by atoms with Crippen LogP contribution in [-0.2, 0) is 0 Å². The number of nitrogens with one attached hydrogen (secondary N) is 1. The van der Waals surface area contributed by atoms with E-state index in [2.05, 4.69) is 32.2 Å². The van der Waals surface area contributed by atoms with E-state index in [-0.39, 0.29) is 0 Å². The zero-order chi connectivity index (χ0) is 15.8. The van der Waals surface area contributed by atoms with Crippen LogP contribution in [0.4, 0.5) is 5.69 Å². The van der Waals surface area contributed by atoms with E-state index in [1.54, 1.807) is 0 Å². The lowest BCUT2D eigenvalue weighted by atomic mass is 10.2. The molecule has 1 N–H and O–H groups in total. The molecule has 2 aromatic rings. The maximum Gasteiger partial charge on any atom is 0.122 e. The lowest BCUT2D eigenvalue weighted by Crippen LogP contribution is -2.11. The highest BCUT2D eigenvalue weighted by atomic mass is 16.5. The van der Waals surface area contributed by atoms with E-state index in [4.69, 9.17) is 9.47 Å². The molecule has 0 heterocycles. The molecule has 0 atom stereocenters. The molecule has 0 amide bonds. The highest BCUT2D eigenvalue weighted by molar-refractivity contribution is 5.46. The highest BCUT2D eigenvalue weighted by Gasteiger charge is 1.99. The Kier molecular flexibility index (Phi) is 6.13. The monoisotopic (exact) mass is 299 g/mol. The summed E-state index contributed by atoms with van der Waals surface area (Å²) in [6.07, 6.45) is 0. The van der Waals surface area contributed by atoms with Crippen LogP contribution in [0.15, 0.2) is 48.5 Å². The van der Waals surface area contributed by atoms with E-state index in [1.165, 1.54) is 0 Å². The van der Waals surface area contributed by atoms with Gasteiger partial charge in [-0.05, 0) is 48.7 Å². The van der Waals surface area contributed by atoms with E-state index < -0.39 is 0 Å². The van der Waals surface area contributed by atoms with Crippen molar-refractivity contribution in [2.45, 2.75) is 20.8 Å². The molecule has 3 heteroatoms. The van der Waals surface area contributed by atoms with Crippen LogP contribution >= 0.6 is 0 Å². The minimum Gasteiger partial charge on any atom is -0.493 e. The first-order chi connectivity index (χ1) is 10.6. The molecular weight excluding hydrogens is 274 g/mol. The summed E-state index contributed by atoms with van der Waals surface area (Å²) in [6, 6.07) is 16.1. The van der Waals surface area contributed by atoms with E-state index in [0.29, 0.717) is 12.5 Å². The Morgan fingerprint density at radius 3 is 2.36 bits per heavy atom. The van der Waals surface area contributed by atoms with Crippen molar-refractivity contribution in [1.82, 2.24) is 0 Å². The van der Waals surface area contributed by atoms with Crippen molar-refractivity contribution < 1.29 is 9.47 Å². The Hall–Kier alpha value is -2.16. The van der Waals surface area contributed by atoms with Crippen molar-refractivity contribution in [1.29, 1.82) is 0 Å². The fraction of sp³-hybridized carbons (Fsp3) is 0.368. The number of para-hydroxylation sites is 1. The molecule has 0 unspecified atom stereocenters. The van der Waals surface area contributed by atoms with Crippen LogP contribution in [0.5, 0.6) is 11.5 Å². The van der Waals surface area contributed by atoms with Gasteiger partial charge < -0.3 is 14.8 Å². The molecular formula is C19H25NO2. The smallest absolute Gasteiger partial charge is 0.122 e. The maximum absolute atomic E-state index is 5.76. The molecule has 0 aromatic heterocycles. The fourth-order valence-electron chi connectivity index (χ4n) is 2.01. The SMILES string of the molecule is Cc1ccccc1OCCNc1ccc(OCC(C)C)cc1. The molecule has 2 rings (SSSR count). The molecule has 0 saturated carbocycles. The van der Waals surface area contributed by atoms with Gasteiger partial charge in [-0.25, -0.2) is 0 Å². The number of hydrogen-bond acceptors (Lipinski definition) is 3. The van der Waals surface area contributed by atoms with Crippen molar-refractivity contribution in [3.8, 4) is 11.5 Å². The quantitative estimate of drug-likeness (QED) is 0.727. The molecule has 0 bridgehead atoms. The Labute approximate surface area is 133 Å². The van der Waals surface area contributed by atoms with Crippen LogP contribution in [0.2, 0.25) is 0 Å². The van der Waals surface area contributed by atoms with Crippen molar-refractivity contribution in [2.75, 3.05) is 25.1 Å². The lowest BCUT2D eigenvalue weighted by Gasteiger charge is -2.11. The molecule has 3 nitrogen and oxygen atoms in total. The largest absolute Gasteiger partial charge is 0.493 e. The van der Waals surface area contributed by atoms with E-state index in [9.17, 15) is 0 Å². The second-order valence-corrected chi connectivity index (χ2v) is 5.77. The first-order valence-corrected chi connectivity index (χ1v) is 7.80. The van der Waals surface area contributed by atoms with Crippen LogP contribution in [0.1, 0.15) is 19.4 Å². The third kappa shape index (κ3) is 5.32. The average molecular weight is 299 g/mol. The molecule has 2 aromatic carbocycles. The van der Waals surface area contributed by atoms with Crippen molar-refractivity contribution in [2.24, 2.45) is 5.92 Å². The summed E-state index contributed by atoms with van der Waals surface area (Å²) in [4.78, 5) is 0. The Morgan fingerprint density at radius 1 is 0.955 bits per heavy atom. The van der Waals surface area contributed by atoms with Crippen LogP contribution in [-0.4, -0.2) is 19.8 Å². The minimum atomic E-state index is 0.538. The van der Waals surface area contributed by atoms with Gasteiger partial charge in [-0.2, -0.15) is 0 Å². The number of aryl methyl sites for hydroxylation is 1. The van der Waals surface area contributed by atoms with Gasteiger partial charge in [-0.15, -0.1) is 0 Å². The van der Waals surface area contributed by atoms with Gasteiger partial charge in [0.25, 0.3) is 0 Å². The van der Waals surface area contributed by atoms with Crippen molar-refractivity contribution in [3.63, 3.8) is 0 Å². The molecule has 0 aliphatic heterocycles. The summed E-state index contributed by atoms with van der Waals surface area (Å²) in [7, 11) is 0. The Morgan fingerprint density at radius 2 is 1.68 bits per heavy atom. The second kappa shape index (κ2) is 8.32. The fourth-order valence-corrected chi connectivity index (χ4v) is 2.01. The number of hydrogen-bond donors (Lipinski definition) is 1. The normalized spacial score (nSPS) is 10.5. The van der Waals surface area contributed by atoms with Gasteiger partial charge in [0.2, 0.25) is 0 Å². The van der Waals surface area contributed by atoms with Gasteiger partial charge in [0.1, 0.15) is 18.1 Å². The number of ether oxygens (including phenoxy) is 2. The van der Waals surface area contributed by atoms with Crippen LogP contribution in [0, 0.1) is 12.8 Å². The number of benzene rings is 2. The summed E-state index contributed by atoms with van der Waals surface area (Å²) in [6.45, 7) is 8.49. The van der Waals surface area contributed by atoms with Gasteiger partial charge in [0.05, 0.1) is 6.61 Å². The second-order valence-electron chi connectivity index (χ2n) is 5.77. The topological polar surface area (TPSA) is 30.5 Å². The zero-order valence-electron chi connectivity index (χ0n) is 13.6. The van der Waals surface area contributed by atoms with E-state index in [0.717, 1.165) is 35.9 Å². The molecule has 118 valence electrons. The number of anilines is 1. The number of rotatable bonds is 8. The zero-order valence-corrected chi connectivity index (χ0v) is 13.6. The van der Waals surface area contributed by atoms with Gasteiger partial charge in [0.15, 0.2) is 0 Å². The molecule has 0 fully saturated rings. The Balaban J connectivity index is 1.72. The van der Waals surface area contributed by atoms with Crippen LogP contribution in [0.25, 0.3) is 0 Å². The third-order valence-electron chi connectivity index (χ3n) is 3.22. The molecule has 22 heavy (non-hydrogen) atoms. The summed E-state index contributed by atoms with van der Waals surface area (Å²) in [5.74, 6) is 2.40. The summed E-state index contributed by atoms with van der Waals surface area (Å²) >= 11 is 0. The standard InChI is InChI=1S/C19H25NO2/c1-15(2)14-22-18-10-8-17(9-11-18)20-12-13-21-19-7-5-4-6-16(19)3/h4-11,15,20H,12-14H2,1-3H3. The van der Waals surface area contributed by atoms with Crippen molar-refractivity contribution >= 4 is 5.69 Å².